The zero-order valence-electron chi connectivity index (χ0n) is 13.1. The predicted molar refractivity (Wildman–Crippen MR) is 92.6 cm³/mol. The van der Waals surface area contributed by atoms with E-state index >= 15 is 0 Å². The molecule has 0 fully saturated rings. The third-order valence-corrected chi connectivity index (χ3v) is 3.96. The highest BCUT2D eigenvalue weighted by Crippen LogP contribution is 2.14. The predicted octanol–water partition coefficient (Wildman–Crippen LogP) is 3.96. The second-order valence-electron chi connectivity index (χ2n) is 5.50. The highest BCUT2D eigenvalue weighted by molar-refractivity contribution is 6.30. The summed E-state index contributed by atoms with van der Waals surface area (Å²) in [4.78, 5) is 29.1. The van der Waals surface area contributed by atoms with E-state index < -0.39 is 0 Å². The molecule has 120 valence electrons. The van der Waals surface area contributed by atoms with Crippen LogP contribution in [0.2, 0.25) is 5.02 Å². The Bertz CT molecular complexity index is 880. The Morgan fingerprint density at radius 1 is 1.00 bits per heavy atom. The highest BCUT2D eigenvalue weighted by atomic mass is 35.5. The van der Waals surface area contributed by atoms with Gasteiger partial charge in [-0.15, -0.1) is 0 Å². The monoisotopic (exact) mass is 338 g/mol. The molecule has 0 bridgehead atoms. The van der Waals surface area contributed by atoms with E-state index in [1.54, 1.807) is 47.2 Å². The van der Waals surface area contributed by atoms with Crippen LogP contribution >= 0.6 is 11.6 Å². The van der Waals surface area contributed by atoms with Crippen molar-refractivity contribution >= 4 is 23.2 Å². The summed E-state index contributed by atoms with van der Waals surface area (Å²) in [6.45, 7) is 2.03. The van der Waals surface area contributed by atoms with Crippen LogP contribution in [-0.2, 0) is 6.54 Å². The lowest BCUT2D eigenvalue weighted by molar-refractivity contribution is 0.0967. The van der Waals surface area contributed by atoms with Crippen molar-refractivity contribution < 1.29 is 9.59 Å². The van der Waals surface area contributed by atoms with E-state index in [2.05, 4.69) is 4.98 Å². The van der Waals surface area contributed by atoms with Crippen molar-refractivity contribution in [2.45, 2.75) is 13.5 Å². The molecule has 5 heteroatoms. The van der Waals surface area contributed by atoms with Crippen LogP contribution in [-0.4, -0.2) is 21.1 Å². The van der Waals surface area contributed by atoms with Gasteiger partial charge >= 0.3 is 0 Å². The van der Waals surface area contributed by atoms with E-state index in [4.69, 9.17) is 11.6 Å². The summed E-state index contributed by atoms with van der Waals surface area (Å²) in [6.07, 6.45) is 3.15. The first-order valence-corrected chi connectivity index (χ1v) is 7.83. The number of nitrogens with zero attached hydrogens (tertiary/aromatic N) is 2. The Labute approximate surface area is 144 Å². The van der Waals surface area contributed by atoms with Crippen LogP contribution in [0.15, 0.2) is 60.9 Å². The van der Waals surface area contributed by atoms with Gasteiger partial charge in [0.05, 0.1) is 6.54 Å². The Balaban J connectivity index is 1.82. The van der Waals surface area contributed by atoms with Crippen LogP contribution in [0.3, 0.4) is 0 Å². The van der Waals surface area contributed by atoms with Gasteiger partial charge < -0.3 is 4.57 Å². The SMILES string of the molecule is Cc1ccc(C(=O)Cn2ccnc2C(=O)c2ccc(Cl)cc2)cc1. The molecule has 4 nitrogen and oxygen atoms in total. The van der Waals surface area contributed by atoms with Gasteiger partial charge in [-0.05, 0) is 31.2 Å². The van der Waals surface area contributed by atoms with Crippen molar-refractivity contribution in [1.29, 1.82) is 0 Å². The molecule has 0 aliphatic heterocycles. The smallest absolute Gasteiger partial charge is 0.228 e. The molecular formula is C19H15ClN2O2. The molecule has 0 saturated carbocycles. The van der Waals surface area contributed by atoms with Gasteiger partial charge in [-0.25, -0.2) is 4.98 Å². The third kappa shape index (κ3) is 3.44. The highest BCUT2D eigenvalue weighted by Gasteiger charge is 2.17. The number of Topliss-reactive ketones (excluding diaryl/α,β-unsaturated/α-hetero) is 1. The Morgan fingerprint density at radius 2 is 1.62 bits per heavy atom. The molecule has 24 heavy (non-hydrogen) atoms. The molecule has 1 aromatic heterocycles. The number of aryl methyl sites for hydroxylation is 1. The van der Waals surface area contributed by atoms with Gasteiger partial charge in [-0.1, -0.05) is 41.4 Å². The lowest BCUT2D eigenvalue weighted by Gasteiger charge is -2.07. The number of halogens is 1. The quantitative estimate of drug-likeness (QED) is 0.662. The van der Waals surface area contributed by atoms with Crippen molar-refractivity contribution in [1.82, 2.24) is 9.55 Å². The summed E-state index contributed by atoms with van der Waals surface area (Å²) in [5.74, 6) is -0.0793. The van der Waals surface area contributed by atoms with Crippen LogP contribution < -0.4 is 0 Å². The first-order chi connectivity index (χ1) is 11.5. The summed E-state index contributed by atoms with van der Waals surface area (Å²) >= 11 is 5.84. The molecule has 3 aromatic rings. The summed E-state index contributed by atoms with van der Waals surface area (Å²) in [5, 5.41) is 0.560. The van der Waals surface area contributed by atoms with E-state index in [0.717, 1.165) is 5.56 Å². The Hall–Kier alpha value is -2.72. The van der Waals surface area contributed by atoms with Crippen LogP contribution in [0.1, 0.15) is 32.1 Å². The van der Waals surface area contributed by atoms with Crippen molar-refractivity contribution in [3.05, 3.63) is 88.5 Å². The average Bonchev–Trinajstić information content (AvgIpc) is 3.03. The Morgan fingerprint density at radius 3 is 2.29 bits per heavy atom. The number of hydrogen-bond donors (Lipinski definition) is 0. The minimum atomic E-state index is -0.242. The maximum atomic E-state index is 12.6. The molecule has 0 radical (unpaired) electrons. The Kier molecular flexibility index (Phi) is 4.58. The van der Waals surface area contributed by atoms with E-state index in [0.29, 0.717) is 16.1 Å². The summed E-state index contributed by atoms with van der Waals surface area (Å²) < 4.78 is 1.57. The number of aromatic nitrogens is 2. The number of rotatable bonds is 5. The van der Waals surface area contributed by atoms with Gasteiger partial charge in [-0.3, -0.25) is 9.59 Å². The van der Waals surface area contributed by atoms with Gasteiger partial charge in [0, 0.05) is 28.5 Å². The minimum absolute atomic E-state index is 0.0672. The fourth-order valence-corrected chi connectivity index (χ4v) is 2.49. The maximum Gasteiger partial charge on any atom is 0.228 e. The molecule has 3 rings (SSSR count). The van der Waals surface area contributed by atoms with E-state index in [1.165, 1.54) is 6.20 Å². The number of imidazole rings is 1. The van der Waals surface area contributed by atoms with E-state index in [9.17, 15) is 9.59 Å². The molecule has 0 aliphatic carbocycles. The minimum Gasteiger partial charge on any atom is -0.320 e. The van der Waals surface area contributed by atoms with Crippen molar-refractivity contribution in [2.75, 3.05) is 0 Å². The molecular weight excluding hydrogens is 324 g/mol. The second kappa shape index (κ2) is 6.81. The molecule has 1 heterocycles. The van der Waals surface area contributed by atoms with Crippen molar-refractivity contribution in [2.24, 2.45) is 0 Å². The number of ketones is 2. The molecule has 0 spiro atoms. The van der Waals surface area contributed by atoms with Crippen molar-refractivity contribution in [3.63, 3.8) is 0 Å². The average molecular weight is 339 g/mol. The lowest BCUT2D eigenvalue weighted by atomic mass is 10.1. The summed E-state index contributed by atoms with van der Waals surface area (Å²) in [5.41, 5.74) is 2.18. The number of carbonyl (C=O) groups excluding carboxylic acids is 2. The maximum absolute atomic E-state index is 12.6. The topological polar surface area (TPSA) is 52.0 Å². The fraction of sp³-hybridized carbons (Fsp3) is 0.105. The first-order valence-electron chi connectivity index (χ1n) is 7.46. The first kappa shape index (κ1) is 16.1. The fourth-order valence-electron chi connectivity index (χ4n) is 2.36. The zero-order chi connectivity index (χ0) is 17.1. The second-order valence-corrected chi connectivity index (χ2v) is 5.94. The molecule has 2 aromatic carbocycles. The van der Waals surface area contributed by atoms with Gasteiger partial charge in [-0.2, -0.15) is 0 Å². The number of carbonyl (C=O) groups is 2. The van der Waals surface area contributed by atoms with Crippen LogP contribution in [0.4, 0.5) is 0 Å². The van der Waals surface area contributed by atoms with Gasteiger partial charge in [0.1, 0.15) is 0 Å². The third-order valence-electron chi connectivity index (χ3n) is 3.71. The number of benzene rings is 2. The normalized spacial score (nSPS) is 10.6. The van der Waals surface area contributed by atoms with E-state index in [-0.39, 0.29) is 23.9 Å². The van der Waals surface area contributed by atoms with Crippen LogP contribution in [0, 0.1) is 6.92 Å². The van der Waals surface area contributed by atoms with Gasteiger partial charge in [0.15, 0.2) is 11.6 Å². The van der Waals surface area contributed by atoms with Crippen molar-refractivity contribution in [3.8, 4) is 0 Å². The molecule has 0 amide bonds. The standard InChI is InChI=1S/C19H15ClN2O2/c1-13-2-4-14(5-3-13)17(23)12-22-11-10-21-19(22)18(24)15-6-8-16(20)9-7-15/h2-11H,12H2,1H3. The number of hydrogen-bond acceptors (Lipinski definition) is 3. The van der Waals surface area contributed by atoms with Gasteiger partial charge in [0.2, 0.25) is 5.78 Å². The molecule has 0 N–H and O–H groups in total. The van der Waals surface area contributed by atoms with E-state index in [1.807, 2.05) is 19.1 Å². The summed E-state index contributed by atoms with van der Waals surface area (Å²) in [7, 11) is 0. The van der Waals surface area contributed by atoms with Crippen LogP contribution in [0.25, 0.3) is 0 Å². The molecule has 0 unspecified atom stereocenters. The van der Waals surface area contributed by atoms with Crippen LogP contribution in [0.5, 0.6) is 0 Å². The zero-order valence-corrected chi connectivity index (χ0v) is 13.8. The molecule has 0 saturated heterocycles. The largest absolute Gasteiger partial charge is 0.320 e. The molecule has 0 aliphatic rings. The van der Waals surface area contributed by atoms with Gasteiger partial charge in [0.25, 0.3) is 0 Å². The lowest BCUT2D eigenvalue weighted by Crippen LogP contribution is -2.16. The molecule has 0 atom stereocenters. The summed E-state index contributed by atoms with van der Waals surface area (Å²) in [6, 6.07) is 13.9.